The fourth-order valence-corrected chi connectivity index (χ4v) is 1.70. The lowest BCUT2D eigenvalue weighted by atomic mass is 10.3. The largest absolute Gasteiger partial charge is 0.468 e. The van der Waals surface area contributed by atoms with E-state index in [2.05, 4.69) is 9.84 Å². The number of rotatable bonds is 5. The summed E-state index contributed by atoms with van der Waals surface area (Å²) in [6, 6.07) is 0. The Morgan fingerprint density at radius 1 is 1.61 bits per heavy atom. The fourth-order valence-electron chi connectivity index (χ4n) is 1.70. The van der Waals surface area contributed by atoms with Crippen LogP contribution in [0.2, 0.25) is 0 Å². The fraction of sp³-hybridized carbons (Fsp3) is 0.600. The molecule has 100 valence electrons. The number of esters is 1. The molecule has 1 aromatic rings. The highest BCUT2D eigenvalue weighted by molar-refractivity contribution is 5.76. The molecule has 0 unspecified atom stereocenters. The van der Waals surface area contributed by atoms with Gasteiger partial charge in [-0.25, -0.2) is 4.68 Å². The summed E-state index contributed by atoms with van der Waals surface area (Å²) < 4.78 is 6.04. The van der Waals surface area contributed by atoms with Crippen LogP contribution in [-0.2, 0) is 16.1 Å². The van der Waals surface area contributed by atoms with Crippen molar-refractivity contribution in [1.29, 1.82) is 0 Å². The van der Waals surface area contributed by atoms with Crippen LogP contribution in [0.25, 0.3) is 0 Å². The summed E-state index contributed by atoms with van der Waals surface area (Å²) in [5.41, 5.74) is 0.247. The Labute approximate surface area is 104 Å². The number of likely N-dealkylation sites (N-methyl/N-ethyl adjacent to an activating group) is 1. The Hall–Kier alpha value is -2.12. The van der Waals surface area contributed by atoms with E-state index in [9.17, 15) is 14.9 Å². The molecule has 0 bridgehead atoms. The summed E-state index contributed by atoms with van der Waals surface area (Å²) >= 11 is 0. The summed E-state index contributed by atoms with van der Waals surface area (Å²) in [5.74, 6) is -0.154. The molecule has 0 aliphatic heterocycles. The lowest BCUT2D eigenvalue weighted by molar-refractivity contribution is -0.384. The number of hydrogen-bond acceptors (Lipinski definition) is 6. The predicted molar refractivity (Wildman–Crippen MR) is 64.6 cm³/mol. The van der Waals surface area contributed by atoms with Crippen molar-refractivity contribution < 1.29 is 14.5 Å². The number of anilines is 1. The molecule has 0 N–H and O–H groups in total. The number of methoxy groups -OCH3 is 1. The smallest absolute Gasteiger partial charge is 0.333 e. The average molecular weight is 256 g/mol. The number of nitro groups is 1. The van der Waals surface area contributed by atoms with Crippen LogP contribution in [0.1, 0.15) is 12.6 Å². The summed E-state index contributed by atoms with van der Waals surface area (Å²) in [6.07, 6.45) is 0. The first-order valence-electron chi connectivity index (χ1n) is 5.42. The minimum Gasteiger partial charge on any atom is -0.468 e. The number of nitrogens with zero attached hydrogens (tertiary/aromatic N) is 4. The van der Waals surface area contributed by atoms with Gasteiger partial charge in [-0.2, -0.15) is 5.10 Å². The number of carbonyl (C=O) groups excluding carboxylic acids is 1. The topological polar surface area (TPSA) is 90.5 Å². The summed E-state index contributed by atoms with van der Waals surface area (Å²) in [7, 11) is 2.86. The molecule has 1 rings (SSSR count). The van der Waals surface area contributed by atoms with E-state index in [0.29, 0.717) is 18.1 Å². The van der Waals surface area contributed by atoms with E-state index in [4.69, 9.17) is 0 Å². The third kappa shape index (κ3) is 2.58. The van der Waals surface area contributed by atoms with Gasteiger partial charge in [-0.15, -0.1) is 0 Å². The number of hydrogen-bond donors (Lipinski definition) is 0. The van der Waals surface area contributed by atoms with Gasteiger partial charge in [0.1, 0.15) is 12.2 Å². The Bertz CT molecular complexity index is 469. The molecule has 0 amide bonds. The Morgan fingerprint density at radius 3 is 2.67 bits per heavy atom. The van der Waals surface area contributed by atoms with Gasteiger partial charge in [0.25, 0.3) is 0 Å². The first-order valence-corrected chi connectivity index (χ1v) is 5.42. The van der Waals surface area contributed by atoms with Crippen LogP contribution in [0.4, 0.5) is 11.5 Å². The third-order valence-electron chi connectivity index (χ3n) is 2.51. The highest BCUT2D eigenvalue weighted by Gasteiger charge is 2.28. The standard InChI is InChI=1S/C10H16N4O4/c1-5-13-10(12(3)6-8(15)18-4)9(14(16)17)7(2)11-13/h5-6H2,1-4H3. The third-order valence-corrected chi connectivity index (χ3v) is 2.51. The average Bonchev–Trinajstić information content (AvgIpc) is 2.65. The van der Waals surface area contributed by atoms with Gasteiger partial charge in [-0.05, 0) is 13.8 Å². The van der Waals surface area contributed by atoms with Crippen LogP contribution in [0, 0.1) is 17.0 Å². The zero-order chi connectivity index (χ0) is 13.9. The molecule has 0 aliphatic carbocycles. The molecular formula is C10H16N4O4. The van der Waals surface area contributed by atoms with Crippen LogP contribution in [0.5, 0.6) is 0 Å². The second-order valence-corrected chi connectivity index (χ2v) is 3.76. The maximum Gasteiger partial charge on any atom is 0.333 e. The van der Waals surface area contributed by atoms with Crippen LogP contribution in [0.15, 0.2) is 0 Å². The Morgan fingerprint density at radius 2 is 2.22 bits per heavy atom. The minimum absolute atomic E-state index is 0.0670. The normalized spacial score (nSPS) is 10.2. The van der Waals surface area contributed by atoms with Gasteiger partial charge >= 0.3 is 11.7 Å². The van der Waals surface area contributed by atoms with Crippen molar-refractivity contribution in [2.75, 3.05) is 25.6 Å². The van der Waals surface area contributed by atoms with Crippen molar-refractivity contribution in [3.63, 3.8) is 0 Å². The number of aromatic nitrogens is 2. The molecule has 0 aromatic carbocycles. The maximum atomic E-state index is 11.2. The van der Waals surface area contributed by atoms with Crippen molar-refractivity contribution in [2.45, 2.75) is 20.4 Å². The predicted octanol–water partition coefficient (Wildman–Crippen LogP) is 0.729. The summed E-state index contributed by atoms with van der Waals surface area (Å²) in [5, 5.41) is 15.1. The molecule has 0 spiro atoms. The highest BCUT2D eigenvalue weighted by atomic mass is 16.6. The number of aryl methyl sites for hydroxylation is 2. The van der Waals surface area contributed by atoms with Crippen LogP contribution in [0.3, 0.4) is 0 Å². The summed E-state index contributed by atoms with van der Waals surface area (Å²) in [4.78, 5) is 23.2. The van der Waals surface area contributed by atoms with Crippen molar-refractivity contribution in [2.24, 2.45) is 0 Å². The monoisotopic (exact) mass is 256 g/mol. The van der Waals surface area contributed by atoms with Gasteiger partial charge in [-0.3, -0.25) is 14.9 Å². The molecule has 0 saturated heterocycles. The first kappa shape index (κ1) is 13.9. The molecule has 1 heterocycles. The minimum atomic E-state index is -0.488. The van der Waals surface area contributed by atoms with Crippen molar-refractivity contribution in [3.8, 4) is 0 Å². The van der Waals surface area contributed by atoms with Crippen LogP contribution < -0.4 is 4.90 Å². The summed E-state index contributed by atoms with van der Waals surface area (Å²) in [6.45, 7) is 3.81. The SMILES string of the molecule is CCn1nc(C)c([N+](=O)[O-])c1N(C)CC(=O)OC. The molecule has 8 nitrogen and oxygen atoms in total. The van der Waals surface area contributed by atoms with E-state index in [0.717, 1.165) is 0 Å². The number of ether oxygens (including phenoxy) is 1. The molecule has 18 heavy (non-hydrogen) atoms. The maximum absolute atomic E-state index is 11.2. The van der Waals surface area contributed by atoms with Crippen molar-refractivity contribution in [1.82, 2.24) is 9.78 Å². The molecule has 0 fully saturated rings. The molecule has 0 saturated carbocycles. The van der Waals surface area contributed by atoms with E-state index in [1.807, 2.05) is 6.92 Å². The van der Waals surface area contributed by atoms with Gasteiger partial charge in [0.15, 0.2) is 0 Å². The second kappa shape index (κ2) is 5.48. The second-order valence-electron chi connectivity index (χ2n) is 3.76. The van der Waals surface area contributed by atoms with Gasteiger partial charge in [-0.1, -0.05) is 0 Å². The molecular weight excluding hydrogens is 240 g/mol. The lowest BCUT2D eigenvalue weighted by Crippen LogP contribution is -2.29. The van der Waals surface area contributed by atoms with Gasteiger partial charge < -0.3 is 9.64 Å². The molecule has 8 heteroatoms. The molecule has 0 radical (unpaired) electrons. The molecule has 0 atom stereocenters. The quantitative estimate of drug-likeness (QED) is 0.438. The van der Waals surface area contributed by atoms with Crippen molar-refractivity contribution in [3.05, 3.63) is 15.8 Å². The highest BCUT2D eigenvalue weighted by Crippen LogP contribution is 2.30. The van der Waals surface area contributed by atoms with Crippen LogP contribution >= 0.6 is 0 Å². The van der Waals surface area contributed by atoms with E-state index in [1.165, 1.54) is 16.7 Å². The first-order chi connectivity index (χ1) is 8.42. The van der Waals surface area contributed by atoms with E-state index in [1.54, 1.807) is 14.0 Å². The van der Waals surface area contributed by atoms with Gasteiger partial charge in [0.05, 0.1) is 12.0 Å². The van der Waals surface area contributed by atoms with Crippen LogP contribution in [-0.4, -0.2) is 41.4 Å². The lowest BCUT2D eigenvalue weighted by Gasteiger charge is -2.17. The zero-order valence-electron chi connectivity index (χ0n) is 10.8. The number of carbonyl (C=O) groups is 1. The van der Waals surface area contributed by atoms with E-state index in [-0.39, 0.29) is 12.2 Å². The molecule has 1 aromatic heterocycles. The van der Waals surface area contributed by atoms with Crippen molar-refractivity contribution >= 4 is 17.5 Å². The van der Waals surface area contributed by atoms with E-state index >= 15 is 0 Å². The Balaban J connectivity index is 3.19. The molecule has 0 aliphatic rings. The Kier molecular flexibility index (Phi) is 4.24. The van der Waals surface area contributed by atoms with Gasteiger partial charge in [0, 0.05) is 13.6 Å². The van der Waals surface area contributed by atoms with E-state index < -0.39 is 10.9 Å². The zero-order valence-corrected chi connectivity index (χ0v) is 10.8. The van der Waals surface area contributed by atoms with Gasteiger partial charge in [0.2, 0.25) is 5.82 Å².